The number of aldehydes is 1. The molecule has 1 unspecified atom stereocenters. The Morgan fingerprint density at radius 3 is 2.42 bits per heavy atom. The fraction of sp³-hybridized carbons (Fsp3) is 0.333. The number of ketones is 1. The van der Waals surface area contributed by atoms with Crippen LogP contribution in [0.25, 0.3) is 11.4 Å². The number of rotatable bonds is 9. The van der Waals surface area contributed by atoms with E-state index in [1.54, 1.807) is 18.2 Å². The Morgan fingerprint density at radius 1 is 1.21 bits per heavy atom. The molecule has 1 atom stereocenters. The van der Waals surface area contributed by atoms with Crippen molar-refractivity contribution in [3.8, 4) is 17.1 Å². The second kappa shape index (κ2) is 13.0. The minimum Gasteiger partial charge on any atom is -0.483 e. The lowest BCUT2D eigenvalue weighted by Crippen LogP contribution is -2.16. The number of carbonyl (C=O) groups excluding carboxylic acids is 2. The van der Waals surface area contributed by atoms with Crippen LogP contribution < -0.4 is 4.74 Å². The van der Waals surface area contributed by atoms with Crippen LogP contribution >= 0.6 is 15.9 Å². The van der Waals surface area contributed by atoms with Crippen molar-refractivity contribution in [3.63, 3.8) is 0 Å². The van der Waals surface area contributed by atoms with Crippen LogP contribution in [-0.4, -0.2) is 42.0 Å². The van der Waals surface area contributed by atoms with Crippen LogP contribution in [-0.2, 0) is 9.53 Å². The topological polar surface area (TPSA) is 91.5 Å². The quantitative estimate of drug-likeness (QED) is 0.266. The molecule has 7 nitrogen and oxygen atoms in total. The first kappa shape index (κ1) is 26.3. The second-order valence-electron chi connectivity index (χ2n) is 7.32. The van der Waals surface area contributed by atoms with Crippen molar-refractivity contribution in [1.29, 1.82) is 0 Å². The largest absolute Gasteiger partial charge is 0.483 e. The predicted molar refractivity (Wildman–Crippen MR) is 125 cm³/mol. The molecule has 0 fully saturated rings. The third kappa shape index (κ3) is 7.87. The van der Waals surface area contributed by atoms with E-state index in [1.165, 1.54) is 19.2 Å². The number of carbonyl (C=O) groups is 2. The molecule has 0 radical (unpaired) electrons. The number of halogens is 2. The average molecular weight is 521 g/mol. The molecule has 0 saturated carbocycles. The molecule has 176 valence electrons. The van der Waals surface area contributed by atoms with E-state index in [-0.39, 0.29) is 18.3 Å². The van der Waals surface area contributed by atoms with Crippen molar-refractivity contribution in [3.05, 3.63) is 64.2 Å². The van der Waals surface area contributed by atoms with Gasteiger partial charge in [-0.25, -0.2) is 4.39 Å². The molecule has 0 bridgehead atoms. The van der Waals surface area contributed by atoms with Crippen molar-refractivity contribution >= 4 is 28.0 Å². The molecule has 2 aromatic carbocycles. The Labute approximate surface area is 200 Å². The van der Waals surface area contributed by atoms with Gasteiger partial charge < -0.3 is 14.0 Å². The average Bonchev–Trinajstić information content (AvgIpc) is 3.31. The second-order valence-corrected chi connectivity index (χ2v) is 8.18. The molecule has 0 aliphatic carbocycles. The molecular formula is C24H26BrFN2O5. The maximum Gasteiger partial charge on any atom is 0.229 e. The van der Waals surface area contributed by atoms with E-state index >= 15 is 0 Å². The number of benzene rings is 2. The number of ether oxygens (including phenoxy) is 2. The number of nitrogens with zero attached hydrogens (tertiary/aromatic N) is 2. The zero-order chi connectivity index (χ0) is 24.4. The maximum atomic E-state index is 12.9. The zero-order valence-electron chi connectivity index (χ0n) is 18.9. The third-order valence-electron chi connectivity index (χ3n) is 4.41. The minimum absolute atomic E-state index is 0.0267. The Bertz CT molecular complexity index is 1050. The van der Waals surface area contributed by atoms with Crippen molar-refractivity contribution < 1.29 is 28.0 Å². The molecule has 0 aliphatic rings. The van der Waals surface area contributed by atoms with Crippen LogP contribution in [0.3, 0.4) is 0 Å². The van der Waals surface area contributed by atoms with Gasteiger partial charge in [0, 0.05) is 24.2 Å². The summed E-state index contributed by atoms with van der Waals surface area (Å²) in [5.74, 6) is 1.36. The third-order valence-corrected chi connectivity index (χ3v) is 5.05. The fourth-order valence-corrected chi connectivity index (χ4v) is 2.78. The normalized spacial score (nSPS) is 11.5. The number of Topliss-reactive ketones (excluding diaryl/α,β-unsaturated/α-hetero) is 1. The van der Waals surface area contributed by atoms with Crippen LogP contribution in [0.2, 0.25) is 0 Å². The summed E-state index contributed by atoms with van der Waals surface area (Å²) in [6, 6.07) is 11.5. The lowest BCUT2D eigenvalue weighted by Gasteiger charge is -2.11. The molecule has 0 aliphatic heterocycles. The molecule has 0 spiro atoms. The molecule has 3 aromatic rings. The van der Waals surface area contributed by atoms with E-state index in [2.05, 4.69) is 30.8 Å². The summed E-state index contributed by atoms with van der Waals surface area (Å²) in [7, 11) is 1.42. The van der Waals surface area contributed by atoms with E-state index in [0.717, 1.165) is 11.8 Å². The van der Waals surface area contributed by atoms with Gasteiger partial charge in [-0.15, -0.1) is 0 Å². The van der Waals surface area contributed by atoms with Crippen LogP contribution in [0.5, 0.6) is 5.75 Å². The Balaban J connectivity index is 0.000000257. The highest BCUT2D eigenvalue weighted by Gasteiger charge is 2.12. The first-order valence-electron chi connectivity index (χ1n) is 10.3. The molecule has 3 rings (SSSR count). The Kier molecular flexibility index (Phi) is 10.3. The summed E-state index contributed by atoms with van der Waals surface area (Å²) < 4.78 is 28.6. The van der Waals surface area contributed by atoms with Gasteiger partial charge in [0.2, 0.25) is 11.7 Å². The standard InChI is InChI=1S/C15H18N2O3.C9H8BrFO2/c1-4-12(9-18)19-13-7-5-11(6-8-13)14-16-15(10(2)3)20-17-14;1-13-5-9(12)6-2-3-7(10)8(11)4-6/h5-10,12H,4H2,1-3H3;2-4H,5H2,1H3. The molecule has 0 amide bonds. The summed E-state index contributed by atoms with van der Waals surface area (Å²) >= 11 is 3.00. The van der Waals surface area contributed by atoms with Crippen LogP contribution in [0, 0.1) is 5.82 Å². The highest BCUT2D eigenvalue weighted by Crippen LogP contribution is 2.22. The lowest BCUT2D eigenvalue weighted by atomic mass is 10.1. The molecule has 9 heteroatoms. The number of hydrogen-bond donors (Lipinski definition) is 0. The minimum atomic E-state index is -0.443. The van der Waals surface area contributed by atoms with Crippen LogP contribution in [0.15, 0.2) is 51.5 Å². The summed E-state index contributed by atoms with van der Waals surface area (Å²) in [5, 5.41) is 3.95. The molecule has 0 N–H and O–H groups in total. The summed E-state index contributed by atoms with van der Waals surface area (Å²) in [5.41, 5.74) is 1.18. The molecular weight excluding hydrogens is 495 g/mol. The van der Waals surface area contributed by atoms with Crippen LogP contribution in [0.4, 0.5) is 4.39 Å². The smallest absolute Gasteiger partial charge is 0.229 e. The molecule has 1 heterocycles. The summed E-state index contributed by atoms with van der Waals surface area (Å²) in [6.45, 7) is 5.87. The highest BCUT2D eigenvalue weighted by atomic mass is 79.9. The van der Waals surface area contributed by atoms with E-state index in [4.69, 9.17) is 9.26 Å². The van der Waals surface area contributed by atoms with Gasteiger partial charge in [0.1, 0.15) is 18.2 Å². The van der Waals surface area contributed by atoms with E-state index in [1.807, 2.05) is 32.9 Å². The Hall–Kier alpha value is -2.91. The van der Waals surface area contributed by atoms with Crippen molar-refractivity contribution in [2.75, 3.05) is 13.7 Å². The lowest BCUT2D eigenvalue weighted by molar-refractivity contribution is -0.113. The highest BCUT2D eigenvalue weighted by molar-refractivity contribution is 9.10. The first-order chi connectivity index (χ1) is 15.8. The first-order valence-corrected chi connectivity index (χ1v) is 11.1. The summed E-state index contributed by atoms with van der Waals surface area (Å²) in [4.78, 5) is 26.3. The van der Waals surface area contributed by atoms with E-state index in [0.29, 0.717) is 33.9 Å². The molecule has 0 saturated heterocycles. The van der Waals surface area contributed by atoms with E-state index < -0.39 is 11.9 Å². The van der Waals surface area contributed by atoms with Gasteiger partial charge in [-0.2, -0.15) is 4.98 Å². The monoisotopic (exact) mass is 520 g/mol. The predicted octanol–water partition coefficient (Wildman–Crippen LogP) is 5.63. The fourth-order valence-electron chi connectivity index (χ4n) is 2.54. The summed E-state index contributed by atoms with van der Waals surface area (Å²) in [6.07, 6.45) is 1.05. The Morgan fingerprint density at radius 2 is 1.91 bits per heavy atom. The van der Waals surface area contributed by atoms with Crippen molar-refractivity contribution in [1.82, 2.24) is 10.1 Å². The number of aromatic nitrogens is 2. The van der Waals surface area contributed by atoms with Crippen LogP contribution in [0.1, 0.15) is 49.4 Å². The van der Waals surface area contributed by atoms with Crippen molar-refractivity contribution in [2.24, 2.45) is 0 Å². The van der Waals surface area contributed by atoms with Gasteiger partial charge in [0.15, 0.2) is 18.2 Å². The zero-order valence-corrected chi connectivity index (χ0v) is 20.5. The van der Waals surface area contributed by atoms with Gasteiger partial charge in [-0.3, -0.25) is 9.59 Å². The number of hydrogen-bond acceptors (Lipinski definition) is 7. The van der Waals surface area contributed by atoms with Gasteiger partial charge >= 0.3 is 0 Å². The number of methoxy groups -OCH3 is 1. The van der Waals surface area contributed by atoms with Gasteiger partial charge in [-0.05, 0) is 64.8 Å². The van der Waals surface area contributed by atoms with Gasteiger partial charge in [0.05, 0.1) is 4.47 Å². The SMILES string of the molecule is CCC(C=O)Oc1ccc(-c2noc(C(C)C)n2)cc1.COCC(=O)c1ccc(Br)c(F)c1. The molecule has 1 aromatic heterocycles. The maximum absolute atomic E-state index is 12.9. The van der Waals surface area contributed by atoms with E-state index in [9.17, 15) is 14.0 Å². The van der Waals surface area contributed by atoms with Gasteiger partial charge in [0.25, 0.3) is 0 Å². The van der Waals surface area contributed by atoms with Gasteiger partial charge in [-0.1, -0.05) is 25.9 Å². The molecule has 33 heavy (non-hydrogen) atoms. The van der Waals surface area contributed by atoms with Crippen molar-refractivity contribution in [2.45, 2.75) is 39.2 Å².